The second-order valence-electron chi connectivity index (χ2n) is 7.16. The molecule has 172 valence electrons. The molecule has 0 fully saturated rings. The summed E-state index contributed by atoms with van der Waals surface area (Å²) in [6.07, 6.45) is 0.0562. The van der Waals surface area contributed by atoms with Gasteiger partial charge in [-0.15, -0.1) is 0 Å². The fraction of sp³-hybridized carbons (Fsp3) is 0.364. The summed E-state index contributed by atoms with van der Waals surface area (Å²) in [6.45, 7) is 4.88. The van der Waals surface area contributed by atoms with Gasteiger partial charge in [-0.1, -0.05) is 26.0 Å². The summed E-state index contributed by atoms with van der Waals surface area (Å²) in [4.78, 5) is 41.3. The molecule has 10 heteroatoms. The van der Waals surface area contributed by atoms with E-state index >= 15 is 0 Å². The van der Waals surface area contributed by atoms with Crippen molar-refractivity contribution in [2.24, 2.45) is 5.92 Å². The van der Waals surface area contributed by atoms with E-state index in [-0.39, 0.29) is 30.2 Å². The predicted octanol–water partition coefficient (Wildman–Crippen LogP) is 3.22. The Labute approximate surface area is 184 Å². The number of ether oxygens (including phenoxy) is 3. The number of methoxy groups -OCH3 is 1. The Morgan fingerprint density at radius 1 is 1.19 bits per heavy atom. The maximum atomic E-state index is 13.3. The summed E-state index contributed by atoms with van der Waals surface area (Å²) in [5.74, 6) is -3.51. The van der Waals surface area contributed by atoms with Crippen molar-refractivity contribution in [3.8, 4) is 11.5 Å². The van der Waals surface area contributed by atoms with Crippen LogP contribution in [0.5, 0.6) is 11.5 Å². The van der Waals surface area contributed by atoms with Crippen LogP contribution in [0.3, 0.4) is 0 Å². The molecule has 0 aliphatic carbocycles. The minimum atomic E-state index is -1.76. The van der Waals surface area contributed by atoms with Crippen LogP contribution >= 0.6 is 0 Å². The van der Waals surface area contributed by atoms with E-state index in [2.05, 4.69) is 10.3 Å². The number of hydrogen-bond donors (Lipinski definition) is 2. The first kappa shape index (κ1) is 24.6. The predicted molar refractivity (Wildman–Crippen MR) is 111 cm³/mol. The van der Waals surface area contributed by atoms with Crippen molar-refractivity contribution in [3.63, 3.8) is 0 Å². The first-order valence-corrected chi connectivity index (χ1v) is 9.82. The third-order valence-electron chi connectivity index (χ3n) is 4.85. The Hall–Kier alpha value is -3.69. The SMILES string of the molecule is CCOC(=O)Oc1c(OC)ccnc1C(=O)NC(Cc1ccc(F)cc1)(C(=O)O)C(C)C. The summed E-state index contributed by atoms with van der Waals surface area (Å²) >= 11 is 0. The number of amides is 1. The lowest BCUT2D eigenvalue weighted by molar-refractivity contribution is -0.146. The van der Waals surface area contributed by atoms with Gasteiger partial charge in [0.1, 0.15) is 11.4 Å². The number of carbonyl (C=O) groups excluding carboxylic acids is 2. The number of nitrogens with zero attached hydrogens (tertiary/aromatic N) is 1. The van der Waals surface area contributed by atoms with Crippen LogP contribution in [-0.4, -0.2) is 47.4 Å². The Bertz CT molecular complexity index is 979. The van der Waals surface area contributed by atoms with Gasteiger partial charge in [0.15, 0.2) is 11.4 Å². The van der Waals surface area contributed by atoms with Gasteiger partial charge in [0.2, 0.25) is 5.75 Å². The quantitative estimate of drug-likeness (QED) is 0.561. The molecule has 32 heavy (non-hydrogen) atoms. The van der Waals surface area contributed by atoms with E-state index in [1.165, 1.54) is 43.6 Å². The van der Waals surface area contributed by atoms with Crippen LogP contribution in [0.1, 0.15) is 36.8 Å². The number of halogens is 1. The van der Waals surface area contributed by atoms with Gasteiger partial charge in [-0.05, 0) is 30.5 Å². The summed E-state index contributed by atoms with van der Waals surface area (Å²) < 4.78 is 28.3. The van der Waals surface area contributed by atoms with E-state index in [1.807, 2.05) is 0 Å². The summed E-state index contributed by atoms with van der Waals surface area (Å²) in [5.41, 5.74) is -1.62. The third-order valence-corrected chi connectivity index (χ3v) is 4.85. The highest BCUT2D eigenvalue weighted by molar-refractivity contribution is 5.99. The normalized spacial score (nSPS) is 12.6. The maximum Gasteiger partial charge on any atom is 0.514 e. The number of rotatable bonds is 9. The van der Waals surface area contributed by atoms with Gasteiger partial charge < -0.3 is 24.6 Å². The van der Waals surface area contributed by atoms with Crippen LogP contribution in [0.4, 0.5) is 9.18 Å². The molecular weight excluding hydrogens is 423 g/mol. The zero-order valence-electron chi connectivity index (χ0n) is 18.2. The Balaban J connectivity index is 2.46. The van der Waals surface area contributed by atoms with Gasteiger partial charge in [0, 0.05) is 18.7 Å². The fourth-order valence-electron chi connectivity index (χ4n) is 3.04. The van der Waals surface area contributed by atoms with E-state index < -0.39 is 35.3 Å². The van der Waals surface area contributed by atoms with E-state index in [1.54, 1.807) is 20.8 Å². The molecule has 0 radical (unpaired) electrons. The van der Waals surface area contributed by atoms with Crippen LogP contribution in [0.25, 0.3) is 0 Å². The minimum absolute atomic E-state index is 0.0298. The summed E-state index contributed by atoms with van der Waals surface area (Å²) in [5, 5.41) is 12.6. The van der Waals surface area contributed by atoms with Gasteiger partial charge in [0.05, 0.1) is 13.7 Å². The maximum absolute atomic E-state index is 13.3. The number of carboxylic acids is 1. The first-order valence-electron chi connectivity index (χ1n) is 9.82. The highest BCUT2D eigenvalue weighted by atomic mass is 19.1. The number of benzene rings is 1. The molecule has 2 aromatic rings. The molecule has 9 nitrogen and oxygen atoms in total. The average molecular weight is 448 g/mol. The summed E-state index contributed by atoms with van der Waals surface area (Å²) in [7, 11) is 1.30. The van der Waals surface area contributed by atoms with Crippen LogP contribution < -0.4 is 14.8 Å². The lowest BCUT2D eigenvalue weighted by Gasteiger charge is -2.34. The highest BCUT2D eigenvalue weighted by Crippen LogP contribution is 2.31. The fourth-order valence-corrected chi connectivity index (χ4v) is 3.04. The lowest BCUT2D eigenvalue weighted by atomic mass is 9.80. The van der Waals surface area contributed by atoms with Crippen molar-refractivity contribution in [1.82, 2.24) is 10.3 Å². The third kappa shape index (κ3) is 5.51. The first-order chi connectivity index (χ1) is 15.1. The van der Waals surface area contributed by atoms with Crippen LogP contribution in [0, 0.1) is 11.7 Å². The molecule has 0 bridgehead atoms. The van der Waals surface area contributed by atoms with E-state index in [9.17, 15) is 23.9 Å². The molecule has 1 amide bonds. The van der Waals surface area contributed by atoms with Crippen molar-refractivity contribution in [1.29, 1.82) is 0 Å². The molecule has 2 rings (SSSR count). The second-order valence-corrected chi connectivity index (χ2v) is 7.16. The Morgan fingerprint density at radius 3 is 2.38 bits per heavy atom. The van der Waals surface area contributed by atoms with E-state index in [0.29, 0.717) is 5.56 Å². The molecule has 0 saturated heterocycles. The highest BCUT2D eigenvalue weighted by Gasteiger charge is 2.44. The molecule has 0 spiro atoms. The summed E-state index contributed by atoms with van der Waals surface area (Å²) in [6, 6.07) is 6.68. The number of pyridine rings is 1. The van der Waals surface area contributed by atoms with Crippen molar-refractivity contribution < 1.29 is 38.1 Å². The lowest BCUT2D eigenvalue weighted by Crippen LogP contribution is -2.59. The van der Waals surface area contributed by atoms with Gasteiger partial charge in [0.25, 0.3) is 5.91 Å². The van der Waals surface area contributed by atoms with Gasteiger partial charge in [-0.2, -0.15) is 0 Å². The van der Waals surface area contributed by atoms with Crippen molar-refractivity contribution >= 4 is 18.0 Å². The Morgan fingerprint density at radius 2 is 1.84 bits per heavy atom. The number of hydrogen-bond acceptors (Lipinski definition) is 7. The number of carboxylic acid groups (broad SMARTS) is 1. The molecule has 1 atom stereocenters. The zero-order chi connectivity index (χ0) is 23.9. The van der Waals surface area contributed by atoms with Crippen LogP contribution in [-0.2, 0) is 16.0 Å². The number of aromatic nitrogens is 1. The number of aliphatic carboxylic acids is 1. The zero-order valence-corrected chi connectivity index (χ0v) is 18.2. The monoisotopic (exact) mass is 448 g/mol. The van der Waals surface area contributed by atoms with Gasteiger partial charge in [-0.25, -0.2) is 19.0 Å². The minimum Gasteiger partial charge on any atom is -0.493 e. The number of carbonyl (C=O) groups is 3. The van der Waals surface area contributed by atoms with Crippen LogP contribution in [0.15, 0.2) is 36.5 Å². The molecule has 1 heterocycles. The van der Waals surface area contributed by atoms with E-state index in [4.69, 9.17) is 14.2 Å². The van der Waals surface area contributed by atoms with Crippen molar-refractivity contribution in [2.75, 3.05) is 13.7 Å². The largest absolute Gasteiger partial charge is 0.514 e. The molecule has 1 aromatic heterocycles. The van der Waals surface area contributed by atoms with Gasteiger partial charge >= 0.3 is 12.1 Å². The molecule has 0 saturated carbocycles. The smallest absolute Gasteiger partial charge is 0.493 e. The van der Waals surface area contributed by atoms with E-state index in [0.717, 1.165) is 0 Å². The molecule has 2 N–H and O–H groups in total. The molecule has 1 unspecified atom stereocenters. The Kier molecular flexibility index (Phi) is 8.11. The topological polar surface area (TPSA) is 124 Å². The van der Waals surface area contributed by atoms with Crippen molar-refractivity contribution in [3.05, 3.63) is 53.6 Å². The standard InChI is InChI=1S/C22H25FN2O7/c1-5-31-21(29)32-18-16(30-4)10-11-24-17(18)19(26)25-22(13(2)3,20(27)28)12-14-6-8-15(23)9-7-14/h6-11,13H,5,12H2,1-4H3,(H,25,26)(H,27,28). The molecule has 0 aliphatic heterocycles. The van der Waals surface area contributed by atoms with Crippen molar-refractivity contribution in [2.45, 2.75) is 32.7 Å². The molecular formula is C22H25FN2O7. The molecule has 0 aliphatic rings. The van der Waals surface area contributed by atoms with Crippen LogP contribution in [0.2, 0.25) is 0 Å². The number of nitrogens with one attached hydrogen (secondary N) is 1. The molecule has 1 aromatic carbocycles. The second kappa shape index (κ2) is 10.6. The van der Waals surface area contributed by atoms with Gasteiger partial charge in [-0.3, -0.25) is 4.79 Å². The average Bonchev–Trinajstić information content (AvgIpc) is 2.74.